The van der Waals surface area contributed by atoms with Gasteiger partial charge in [-0.25, -0.2) is 0 Å². The Hall–Kier alpha value is -1.51. The van der Waals surface area contributed by atoms with Crippen molar-refractivity contribution in [2.75, 3.05) is 6.54 Å². The third kappa shape index (κ3) is 4.93. The average molecular weight is 263 g/mol. The van der Waals surface area contributed by atoms with Crippen LogP contribution in [0.4, 0.5) is 0 Å². The number of amides is 1. The molecule has 1 aromatic rings. The molecule has 0 aromatic heterocycles. The molecular weight excluding hydrogens is 238 g/mol. The molecule has 0 radical (unpaired) electrons. The molecule has 1 rings (SSSR count). The van der Waals surface area contributed by atoms with Crippen molar-refractivity contribution in [1.29, 1.82) is 0 Å². The number of hydrogen-bond acceptors (Lipinski definition) is 2. The molecule has 3 heteroatoms. The van der Waals surface area contributed by atoms with Crippen molar-refractivity contribution in [3.63, 3.8) is 0 Å². The monoisotopic (exact) mass is 263 g/mol. The summed E-state index contributed by atoms with van der Waals surface area (Å²) in [7, 11) is 0. The zero-order valence-electron chi connectivity index (χ0n) is 12.6. The van der Waals surface area contributed by atoms with Gasteiger partial charge in [-0.3, -0.25) is 4.79 Å². The molecule has 0 heterocycles. The quantitative estimate of drug-likeness (QED) is 0.885. The van der Waals surface area contributed by atoms with Gasteiger partial charge in [-0.15, -0.1) is 0 Å². The molecule has 0 aliphatic heterocycles. The van der Waals surface area contributed by atoms with Crippen LogP contribution in [0, 0.1) is 0 Å². The molecule has 0 aliphatic rings. The van der Waals surface area contributed by atoms with E-state index in [-0.39, 0.29) is 11.3 Å². The van der Waals surface area contributed by atoms with Gasteiger partial charge in [0.1, 0.15) is 5.75 Å². The van der Waals surface area contributed by atoms with Crippen LogP contribution < -0.4 is 10.1 Å². The molecule has 1 atom stereocenters. The maximum absolute atomic E-state index is 11.7. The fourth-order valence-corrected chi connectivity index (χ4v) is 1.68. The maximum Gasteiger partial charge on any atom is 0.260 e. The Morgan fingerprint density at radius 3 is 2.32 bits per heavy atom. The van der Waals surface area contributed by atoms with Crippen molar-refractivity contribution < 1.29 is 9.53 Å². The van der Waals surface area contributed by atoms with Crippen LogP contribution in [0.5, 0.6) is 5.75 Å². The van der Waals surface area contributed by atoms with E-state index in [2.05, 4.69) is 26.1 Å². The lowest BCUT2D eigenvalue weighted by Crippen LogP contribution is -2.36. The number of hydrogen-bond donors (Lipinski definition) is 1. The predicted octanol–water partition coefficient (Wildman–Crippen LogP) is 3.28. The van der Waals surface area contributed by atoms with E-state index in [1.165, 1.54) is 5.56 Å². The second-order valence-corrected chi connectivity index (χ2v) is 5.83. The van der Waals surface area contributed by atoms with Crippen molar-refractivity contribution in [3.8, 4) is 5.75 Å². The Bertz CT molecular complexity index is 404. The van der Waals surface area contributed by atoms with Gasteiger partial charge in [0.05, 0.1) is 0 Å². The summed E-state index contributed by atoms with van der Waals surface area (Å²) in [5.74, 6) is 0.661. The second-order valence-electron chi connectivity index (χ2n) is 5.83. The molecule has 0 fully saturated rings. The third-order valence-corrected chi connectivity index (χ3v) is 2.95. The first-order valence-corrected chi connectivity index (χ1v) is 6.89. The summed E-state index contributed by atoms with van der Waals surface area (Å²) in [6, 6.07) is 7.94. The van der Waals surface area contributed by atoms with Gasteiger partial charge in [0.15, 0.2) is 6.10 Å². The van der Waals surface area contributed by atoms with Crippen LogP contribution in [0.1, 0.15) is 46.6 Å². The first-order valence-electron chi connectivity index (χ1n) is 6.89. The van der Waals surface area contributed by atoms with E-state index >= 15 is 0 Å². The van der Waals surface area contributed by atoms with Gasteiger partial charge in [0.2, 0.25) is 0 Å². The first kappa shape index (κ1) is 15.5. The molecule has 0 saturated heterocycles. The molecule has 0 saturated carbocycles. The van der Waals surface area contributed by atoms with E-state index in [0.29, 0.717) is 6.54 Å². The molecule has 0 aliphatic carbocycles. The van der Waals surface area contributed by atoms with Crippen molar-refractivity contribution in [2.45, 2.75) is 52.6 Å². The lowest BCUT2D eigenvalue weighted by molar-refractivity contribution is -0.127. The number of ether oxygens (including phenoxy) is 1. The van der Waals surface area contributed by atoms with Crippen LogP contribution in [-0.4, -0.2) is 18.6 Å². The lowest BCUT2D eigenvalue weighted by Gasteiger charge is -2.20. The first-order chi connectivity index (χ1) is 8.84. The number of nitrogens with one attached hydrogen (secondary N) is 1. The minimum absolute atomic E-state index is 0.0678. The van der Waals surface area contributed by atoms with Crippen molar-refractivity contribution in [3.05, 3.63) is 29.8 Å². The van der Waals surface area contributed by atoms with Gasteiger partial charge >= 0.3 is 0 Å². The molecule has 0 bridgehead atoms. The zero-order chi connectivity index (χ0) is 14.5. The highest BCUT2D eigenvalue weighted by Crippen LogP contribution is 2.24. The highest BCUT2D eigenvalue weighted by Gasteiger charge is 2.16. The fourth-order valence-electron chi connectivity index (χ4n) is 1.68. The number of benzene rings is 1. The molecule has 106 valence electrons. The molecule has 0 spiro atoms. The van der Waals surface area contributed by atoms with Crippen LogP contribution in [-0.2, 0) is 10.2 Å². The van der Waals surface area contributed by atoms with E-state index in [9.17, 15) is 4.79 Å². The van der Waals surface area contributed by atoms with Crippen LogP contribution in [0.2, 0.25) is 0 Å². The van der Waals surface area contributed by atoms with E-state index in [4.69, 9.17) is 4.74 Å². The average Bonchev–Trinajstić information content (AvgIpc) is 2.35. The molecule has 19 heavy (non-hydrogen) atoms. The Morgan fingerprint density at radius 1 is 1.26 bits per heavy atom. The van der Waals surface area contributed by atoms with E-state index < -0.39 is 6.10 Å². The second kappa shape index (κ2) is 6.60. The predicted molar refractivity (Wildman–Crippen MR) is 78.5 cm³/mol. The third-order valence-electron chi connectivity index (χ3n) is 2.95. The summed E-state index contributed by atoms with van der Waals surface area (Å²) in [5, 5.41) is 2.82. The molecule has 3 nitrogen and oxygen atoms in total. The van der Waals surface area contributed by atoms with Gasteiger partial charge in [0, 0.05) is 6.54 Å². The van der Waals surface area contributed by atoms with Gasteiger partial charge < -0.3 is 10.1 Å². The Balaban J connectivity index is 2.60. The summed E-state index contributed by atoms with van der Waals surface area (Å²) >= 11 is 0. The fraction of sp³-hybridized carbons (Fsp3) is 0.562. The van der Waals surface area contributed by atoms with E-state index in [1.807, 2.05) is 31.2 Å². The smallest absolute Gasteiger partial charge is 0.260 e. The Morgan fingerprint density at radius 2 is 1.84 bits per heavy atom. The zero-order valence-corrected chi connectivity index (χ0v) is 12.6. The van der Waals surface area contributed by atoms with Crippen LogP contribution in [0.25, 0.3) is 0 Å². The Kier molecular flexibility index (Phi) is 5.40. The Labute approximate surface area is 116 Å². The van der Waals surface area contributed by atoms with Crippen LogP contribution >= 0.6 is 0 Å². The SMILES string of the molecule is CCCNC(=O)[C@@H](C)Oc1ccc(C(C)(C)C)cc1. The molecule has 1 amide bonds. The van der Waals surface area contributed by atoms with Gasteiger partial charge in [-0.05, 0) is 36.5 Å². The highest BCUT2D eigenvalue weighted by atomic mass is 16.5. The number of carbonyl (C=O) groups excluding carboxylic acids is 1. The van der Waals surface area contributed by atoms with Crippen molar-refractivity contribution in [1.82, 2.24) is 5.32 Å². The van der Waals surface area contributed by atoms with Crippen LogP contribution in [0.15, 0.2) is 24.3 Å². The lowest BCUT2D eigenvalue weighted by atomic mass is 9.87. The molecular formula is C16H25NO2. The topological polar surface area (TPSA) is 38.3 Å². The summed E-state index contributed by atoms with van der Waals surface area (Å²) in [6.45, 7) is 11.0. The molecule has 0 unspecified atom stereocenters. The summed E-state index contributed by atoms with van der Waals surface area (Å²) in [6.07, 6.45) is 0.464. The largest absolute Gasteiger partial charge is 0.481 e. The molecule has 1 aromatic carbocycles. The van der Waals surface area contributed by atoms with E-state index in [0.717, 1.165) is 12.2 Å². The van der Waals surface area contributed by atoms with Crippen molar-refractivity contribution in [2.24, 2.45) is 0 Å². The summed E-state index contributed by atoms with van der Waals surface area (Å²) in [5.41, 5.74) is 1.38. The van der Waals surface area contributed by atoms with Gasteiger partial charge in [-0.1, -0.05) is 39.8 Å². The minimum atomic E-state index is -0.466. The number of rotatable bonds is 5. The highest BCUT2D eigenvalue weighted by molar-refractivity contribution is 5.80. The van der Waals surface area contributed by atoms with Crippen molar-refractivity contribution >= 4 is 5.91 Å². The van der Waals surface area contributed by atoms with Gasteiger partial charge in [-0.2, -0.15) is 0 Å². The summed E-state index contributed by atoms with van der Waals surface area (Å²) < 4.78 is 5.63. The minimum Gasteiger partial charge on any atom is -0.481 e. The standard InChI is InChI=1S/C16H25NO2/c1-6-11-17-15(18)12(2)19-14-9-7-13(8-10-14)16(3,4)5/h7-10,12H,6,11H2,1-5H3,(H,17,18)/t12-/m1/s1. The number of carbonyl (C=O) groups is 1. The van der Waals surface area contributed by atoms with E-state index in [1.54, 1.807) is 6.92 Å². The van der Waals surface area contributed by atoms with Crippen LogP contribution in [0.3, 0.4) is 0 Å². The molecule has 1 N–H and O–H groups in total. The normalized spacial score (nSPS) is 12.9. The summed E-state index contributed by atoms with van der Waals surface area (Å²) in [4.78, 5) is 11.7. The van der Waals surface area contributed by atoms with Gasteiger partial charge in [0.25, 0.3) is 5.91 Å². The maximum atomic E-state index is 11.7.